The van der Waals surface area contributed by atoms with Crippen LogP contribution in [0.2, 0.25) is 0 Å². The molecule has 0 saturated carbocycles. The largest absolute Gasteiger partial charge is 0.461 e. The number of nitrogens with one attached hydrogen (secondary N) is 1. The van der Waals surface area contributed by atoms with Gasteiger partial charge in [0.1, 0.15) is 0 Å². The third kappa shape index (κ3) is 3.82. The number of aromatic nitrogens is 2. The van der Waals surface area contributed by atoms with Crippen molar-refractivity contribution in [2.24, 2.45) is 0 Å². The fraction of sp³-hybridized carbons (Fsp3) is 0.429. The number of benzene rings is 1. The predicted molar refractivity (Wildman–Crippen MR) is 105 cm³/mol. The predicted octanol–water partition coefficient (Wildman–Crippen LogP) is 4.53. The van der Waals surface area contributed by atoms with Crippen molar-refractivity contribution in [1.82, 2.24) is 9.97 Å². The Hall–Kier alpha value is -2.44. The van der Waals surface area contributed by atoms with Gasteiger partial charge in [0, 0.05) is 35.6 Å². The summed E-state index contributed by atoms with van der Waals surface area (Å²) in [7, 11) is 1.61. The molecule has 1 N–H and O–H groups in total. The number of carbonyl (C=O) groups excluding carboxylic acids is 1. The molecule has 0 aliphatic heterocycles. The van der Waals surface area contributed by atoms with E-state index in [2.05, 4.69) is 29.0 Å². The molecule has 6 heteroatoms. The third-order valence-corrected chi connectivity index (χ3v) is 4.56. The first kappa shape index (κ1) is 19.3. The summed E-state index contributed by atoms with van der Waals surface area (Å²) >= 11 is 0. The molecule has 0 amide bonds. The van der Waals surface area contributed by atoms with Crippen molar-refractivity contribution in [2.45, 2.75) is 39.9 Å². The van der Waals surface area contributed by atoms with Gasteiger partial charge >= 0.3 is 5.97 Å². The first-order valence-electron chi connectivity index (χ1n) is 9.31. The zero-order valence-corrected chi connectivity index (χ0v) is 16.3. The molecule has 0 spiro atoms. The van der Waals surface area contributed by atoms with Crippen molar-refractivity contribution in [3.8, 4) is 0 Å². The molecule has 0 fully saturated rings. The summed E-state index contributed by atoms with van der Waals surface area (Å²) in [5.41, 5.74) is 3.97. The fourth-order valence-corrected chi connectivity index (χ4v) is 3.28. The minimum absolute atomic E-state index is 0.00320. The van der Waals surface area contributed by atoms with Crippen molar-refractivity contribution in [3.63, 3.8) is 0 Å². The Kier molecular flexibility index (Phi) is 6.08. The lowest BCUT2D eigenvalue weighted by atomic mass is 10.0. The summed E-state index contributed by atoms with van der Waals surface area (Å²) in [6.45, 7) is 7.22. The van der Waals surface area contributed by atoms with E-state index in [-0.39, 0.29) is 12.7 Å². The molecule has 2 aromatic heterocycles. The lowest BCUT2D eigenvalue weighted by Crippen LogP contribution is -2.11. The van der Waals surface area contributed by atoms with Crippen LogP contribution in [0.25, 0.3) is 21.8 Å². The highest BCUT2D eigenvalue weighted by Gasteiger charge is 2.20. The van der Waals surface area contributed by atoms with Gasteiger partial charge in [0.05, 0.1) is 31.0 Å². The van der Waals surface area contributed by atoms with Gasteiger partial charge in [-0.25, -0.2) is 9.78 Å². The number of H-pyrrole nitrogens is 1. The molecule has 0 aliphatic carbocycles. The minimum atomic E-state index is -0.434. The second-order valence-electron chi connectivity index (χ2n) is 6.47. The zero-order chi connectivity index (χ0) is 19.4. The summed E-state index contributed by atoms with van der Waals surface area (Å²) in [5, 5.41) is 1.96. The van der Waals surface area contributed by atoms with E-state index >= 15 is 0 Å². The smallest absolute Gasteiger partial charge is 0.357 e. The van der Waals surface area contributed by atoms with Crippen LogP contribution in [-0.4, -0.2) is 36.3 Å². The number of carbonyl (C=O) groups is 1. The fourth-order valence-electron chi connectivity index (χ4n) is 3.28. The van der Waals surface area contributed by atoms with E-state index in [4.69, 9.17) is 14.2 Å². The highest BCUT2D eigenvalue weighted by Crippen LogP contribution is 2.32. The number of pyridine rings is 1. The maximum atomic E-state index is 12.4. The number of hydrogen-bond donors (Lipinski definition) is 1. The molecule has 1 aromatic carbocycles. The van der Waals surface area contributed by atoms with Crippen molar-refractivity contribution >= 4 is 27.8 Å². The highest BCUT2D eigenvalue weighted by atomic mass is 16.5. The number of rotatable bonds is 8. The van der Waals surface area contributed by atoms with Crippen LogP contribution in [-0.2, 0) is 20.8 Å². The van der Waals surface area contributed by atoms with Gasteiger partial charge in [-0.3, -0.25) is 0 Å². The molecule has 0 bridgehead atoms. The average molecular weight is 370 g/mol. The number of nitrogens with zero attached hydrogens (tertiary/aromatic N) is 1. The van der Waals surface area contributed by atoms with E-state index in [1.807, 2.05) is 13.0 Å². The Morgan fingerprint density at radius 3 is 2.78 bits per heavy atom. The number of ether oxygens (including phenoxy) is 3. The Morgan fingerprint density at radius 2 is 2.07 bits per heavy atom. The van der Waals surface area contributed by atoms with Gasteiger partial charge in [0.25, 0.3) is 0 Å². The standard InChI is InChI=1S/C21H26N2O4/c1-5-9-27-13(3)14-7-8-17-15(10-14)19-16(12-25-4)20(21(24)26-6-2)22-11-18(19)23-17/h7-8,10-11,13,23H,5-6,9,12H2,1-4H3. The molecule has 1 atom stereocenters. The van der Waals surface area contributed by atoms with Gasteiger partial charge in [0.15, 0.2) is 5.69 Å². The van der Waals surface area contributed by atoms with E-state index < -0.39 is 5.97 Å². The molecule has 3 aromatic rings. The molecule has 0 saturated heterocycles. The molecule has 2 heterocycles. The topological polar surface area (TPSA) is 73.4 Å². The maximum Gasteiger partial charge on any atom is 0.357 e. The second kappa shape index (κ2) is 8.50. The van der Waals surface area contributed by atoms with Crippen LogP contribution in [0.15, 0.2) is 24.4 Å². The van der Waals surface area contributed by atoms with Crippen molar-refractivity contribution < 1.29 is 19.0 Å². The van der Waals surface area contributed by atoms with Gasteiger partial charge in [0.2, 0.25) is 0 Å². The van der Waals surface area contributed by atoms with Crippen LogP contribution in [0, 0.1) is 0 Å². The van der Waals surface area contributed by atoms with Crippen molar-refractivity contribution in [1.29, 1.82) is 0 Å². The Balaban J connectivity index is 2.18. The summed E-state index contributed by atoms with van der Waals surface area (Å²) < 4.78 is 16.4. The van der Waals surface area contributed by atoms with E-state index in [0.29, 0.717) is 12.3 Å². The molecule has 0 aliphatic rings. The van der Waals surface area contributed by atoms with Crippen LogP contribution < -0.4 is 0 Å². The molecule has 3 rings (SSSR count). The first-order chi connectivity index (χ1) is 13.1. The molecule has 27 heavy (non-hydrogen) atoms. The Labute approximate surface area is 158 Å². The lowest BCUT2D eigenvalue weighted by Gasteiger charge is -2.13. The van der Waals surface area contributed by atoms with Crippen LogP contribution in [0.3, 0.4) is 0 Å². The van der Waals surface area contributed by atoms with E-state index in [1.54, 1.807) is 20.2 Å². The first-order valence-corrected chi connectivity index (χ1v) is 9.31. The molecule has 6 nitrogen and oxygen atoms in total. The monoisotopic (exact) mass is 370 g/mol. The van der Waals surface area contributed by atoms with Crippen LogP contribution in [0.4, 0.5) is 0 Å². The quantitative estimate of drug-likeness (QED) is 0.590. The Morgan fingerprint density at radius 1 is 1.26 bits per heavy atom. The SMILES string of the molecule is CCCOC(C)c1ccc2[nH]c3cnc(C(=O)OCC)c(COC)c3c2c1. The summed E-state index contributed by atoms with van der Waals surface area (Å²) in [5.74, 6) is -0.434. The van der Waals surface area contributed by atoms with Gasteiger partial charge < -0.3 is 19.2 Å². The maximum absolute atomic E-state index is 12.4. The van der Waals surface area contributed by atoms with Crippen LogP contribution in [0.1, 0.15) is 54.9 Å². The lowest BCUT2D eigenvalue weighted by molar-refractivity contribution is 0.0514. The van der Waals surface area contributed by atoms with Gasteiger partial charge in [-0.1, -0.05) is 13.0 Å². The van der Waals surface area contributed by atoms with Gasteiger partial charge in [-0.05, 0) is 38.0 Å². The molecule has 0 radical (unpaired) electrons. The molecule has 1 unspecified atom stereocenters. The zero-order valence-electron chi connectivity index (χ0n) is 16.3. The number of fused-ring (bicyclic) bond motifs is 3. The average Bonchev–Trinajstić information content (AvgIpc) is 3.04. The van der Waals surface area contributed by atoms with Crippen LogP contribution in [0.5, 0.6) is 0 Å². The summed E-state index contributed by atoms with van der Waals surface area (Å²) in [6.07, 6.45) is 2.65. The minimum Gasteiger partial charge on any atom is -0.461 e. The summed E-state index contributed by atoms with van der Waals surface area (Å²) in [4.78, 5) is 20.1. The third-order valence-electron chi connectivity index (χ3n) is 4.56. The second-order valence-corrected chi connectivity index (χ2v) is 6.47. The number of esters is 1. The summed E-state index contributed by atoms with van der Waals surface area (Å²) in [6, 6.07) is 6.22. The number of methoxy groups -OCH3 is 1. The van der Waals surface area contributed by atoms with Gasteiger partial charge in [-0.15, -0.1) is 0 Å². The van der Waals surface area contributed by atoms with Gasteiger partial charge in [-0.2, -0.15) is 0 Å². The van der Waals surface area contributed by atoms with Crippen molar-refractivity contribution in [2.75, 3.05) is 20.3 Å². The van der Waals surface area contributed by atoms with Crippen LogP contribution >= 0.6 is 0 Å². The molecular weight excluding hydrogens is 344 g/mol. The number of hydrogen-bond acceptors (Lipinski definition) is 5. The van der Waals surface area contributed by atoms with Crippen molar-refractivity contribution in [3.05, 3.63) is 41.2 Å². The molecular formula is C21H26N2O4. The van der Waals surface area contributed by atoms with E-state index in [1.165, 1.54) is 0 Å². The number of aromatic amines is 1. The molecule has 144 valence electrons. The van der Waals surface area contributed by atoms with E-state index in [9.17, 15) is 4.79 Å². The van der Waals surface area contributed by atoms with E-state index in [0.717, 1.165) is 46.0 Å². The Bertz CT molecular complexity index is 948. The highest BCUT2D eigenvalue weighted by molar-refractivity contribution is 6.11. The normalized spacial score (nSPS) is 12.6.